The Morgan fingerprint density at radius 1 is 1.11 bits per heavy atom. The number of hydrogen-bond acceptors (Lipinski definition) is 4. The van der Waals surface area contributed by atoms with Crippen LogP contribution in [-0.4, -0.2) is 39.9 Å². The molecule has 0 saturated carbocycles. The van der Waals surface area contributed by atoms with Crippen LogP contribution in [0.4, 0.5) is 10.5 Å². The number of benzene rings is 2. The summed E-state index contributed by atoms with van der Waals surface area (Å²) in [5, 5.41) is 7.58. The summed E-state index contributed by atoms with van der Waals surface area (Å²) in [7, 11) is 3.36. The minimum atomic E-state index is -0.360. The zero-order valence-electron chi connectivity index (χ0n) is 14.7. The van der Waals surface area contributed by atoms with Crippen LogP contribution in [0.15, 0.2) is 65.7 Å². The highest BCUT2D eigenvalue weighted by molar-refractivity contribution is 8.13. The maximum absolute atomic E-state index is 12.6. The Kier molecular flexibility index (Phi) is 5.83. The van der Waals surface area contributed by atoms with E-state index in [-0.39, 0.29) is 16.8 Å². The van der Waals surface area contributed by atoms with Gasteiger partial charge in [0.15, 0.2) is 5.69 Å². The fourth-order valence-electron chi connectivity index (χ4n) is 2.24. The van der Waals surface area contributed by atoms with Gasteiger partial charge in [-0.1, -0.05) is 29.8 Å². The summed E-state index contributed by atoms with van der Waals surface area (Å²) >= 11 is 7.05. The van der Waals surface area contributed by atoms with Crippen molar-refractivity contribution in [2.24, 2.45) is 0 Å². The first-order valence-electron chi connectivity index (χ1n) is 8.05. The van der Waals surface area contributed by atoms with Crippen molar-refractivity contribution in [1.29, 1.82) is 0 Å². The molecule has 1 aromatic heterocycles. The molecular weight excluding hydrogens is 384 g/mol. The molecule has 138 valence electrons. The molecule has 0 bridgehead atoms. The van der Waals surface area contributed by atoms with Crippen LogP contribution < -0.4 is 5.32 Å². The zero-order chi connectivity index (χ0) is 19.4. The van der Waals surface area contributed by atoms with Gasteiger partial charge in [-0.3, -0.25) is 9.59 Å². The zero-order valence-corrected chi connectivity index (χ0v) is 16.3. The highest BCUT2D eigenvalue weighted by Crippen LogP contribution is 2.29. The Balaban J connectivity index is 1.78. The number of thioether (sulfide) groups is 1. The van der Waals surface area contributed by atoms with E-state index in [1.807, 2.05) is 18.2 Å². The van der Waals surface area contributed by atoms with Gasteiger partial charge < -0.3 is 10.2 Å². The quantitative estimate of drug-likeness (QED) is 0.652. The van der Waals surface area contributed by atoms with E-state index < -0.39 is 0 Å². The molecule has 2 aromatic carbocycles. The number of amides is 2. The highest BCUT2D eigenvalue weighted by Gasteiger charge is 2.15. The van der Waals surface area contributed by atoms with Crippen molar-refractivity contribution in [2.75, 3.05) is 19.4 Å². The van der Waals surface area contributed by atoms with Crippen LogP contribution in [0.25, 0.3) is 5.69 Å². The van der Waals surface area contributed by atoms with Crippen molar-refractivity contribution in [3.63, 3.8) is 0 Å². The van der Waals surface area contributed by atoms with E-state index in [4.69, 9.17) is 11.6 Å². The maximum Gasteiger partial charge on any atom is 0.286 e. The van der Waals surface area contributed by atoms with Crippen LogP contribution in [0.1, 0.15) is 10.5 Å². The Labute approximate surface area is 166 Å². The van der Waals surface area contributed by atoms with E-state index in [0.29, 0.717) is 15.6 Å². The molecule has 2 amide bonds. The first-order chi connectivity index (χ1) is 12.9. The average molecular weight is 401 g/mol. The number of anilines is 1. The monoisotopic (exact) mass is 400 g/mol. The third-order valence-corrected chi connectivity index (χ3v) is 4.94. The van der Waals surface area contributed by atoms with Crippen molar-refractivity contribution in [3.05, 3.63) is 71.5 Å². The lowest BCUT2D eigenvalue weighted by atomic mass is 10.3. The molecule has 27 heavy (non-hydrogen) atoms. The van der Waals surface area contributed by atoms with Gasteiger partial charge in [-0.25, -0.2) is 4.68 Å². The number of carbonyl (C=O) groups is 2. The molecule has 0 radical (unpaired) electrons. The van der Waals surface area contributed by atoms with Gasteiger partial charge in [-0.15, -0.1) is 0 Å². The van der Waals surface area contributed by atoms with Gasteiger partial charge in [0.25, 0.3) is 11.1 Å². The first kappa shape index (κ1) is 19.0. The smallest absolute Gasteiger partial charge is 0.286 e. The van der Waals surface area contributed by atoms with E-state index in [1.54, 1.807) is 61.4 Å². The van der Waals surface area contributed by atoms with Crippen molar-refractivity contribution in [1.82, 2.24) is 14.7 Å². The van der Waals surface area contributed by atoms with Gasteiger partial charge in [0.2, 0.25) is 0 Å². The molecule has 6 nitrogen and oxygen atoms in total. The lowest BCUT2D eigenvalue weighted by Gasteiger charge is -2.12. The van der Waals surface area contributed by atoms with E-state index in [1.165, 1.54) is 4.90 Å². The molecule has 0 atom stereocenters. The predicted octanol–water partition coefficient (Wildman–Crippen LogP) is 4.55. The second-order valence-corrected chi connectivity index (χ2v) is 7.27. The Morgan fingerprint density at radius 2 is 1.89 bits per heavy atom. The topological polar surface area (TPSA) is 67.2 Å². The van der Waals surface area contributed by atoms with Crippen LogP contribution in [0.5, 0.6) is 0 Å². The number of halogens is 1. The van der Waals surface area contributed by atoms with E-state index in [2.05, 4.69) is 10.4 Å². The summed E-state index contributed by atoms with van der Waals surface area (Å²) in [6.45, 7) is 0. The van der Waals surface area contributed by atoms with Gasteiger partial charge >= 0.3 is 0 Å². The Bertz CT molecular complexity index is 987. The fraction of sp³-hybridized carbons (Fsp3) is 0.105. The first-order valence-corrected chi connectivity index (χ1v) is 9.24. The summed E-state index contributed by atoms with van der Waals surface area (Å²) in [5.41, 5.74) is 1.57. The SMILES string of the molecule is CN(C)C(=O)Sc1ccccc1NC(=O)c1ccn(-c2cccc(Cl)c2)n1. The number of hydrogen-bond donors (Lipinski definition) is 1. The van der Waals surface area contributed by atoms with E-state index >= 15 is 0 Å². The van der Waals surface area contributed by atoms with Crippen molar-refractivity contribution in [2.45, 2.75) is 4.90 Å². The molecule has 3 rings (SSSR count). The summed E-state index contributed by atoms with van der Waals surface area (Å²) in [5.74, 6) is -0.360. The summed E-state index contributed by atoms with van der Waals surface area (Å²) < 4.78 is 1.58. The van der Waals surface area contributed by atoms with Gasteiger partial charge in [0, 0.05) is 30.2 Å². The number of carbonyl (C=O) groups excluding carboxylic acids is 2. The Hall–Kier alpha value is -2.77. The van der Waals surface area contributed by atoms with Gasteiger partial charge in [0.05, 0.1) is 11.4 Å². The maximum atomic E-state index is 12.6. The molecule has 0 aliphatic rings. The number of nitrogens with zero attached hydrogens (tertiary/aromatic N) is 3. The molecule has 0 fully saturated rings. The molecule has 8 heteroatoms. The van der Waals surface area contributed by atoms with Crippen LogP contribution in [-0.2, 0) is 0 Å². The predicted molar refractivity (Wildman–Crippen MR) is 108 cm³/mol. The van der Waals surface area contributed by atoms with Gasteiger partial charge in [-0.2, -0.15) is 5.10 Å². The summed E-state index contributed by atoms with van der Waals surface area (Å²) in [6.07, 6.45) is 1.69. The van der Waals surface area contributed by atoms with Gasteiger partial charge in [-0.05, 0) is 48.2 Å². The third kappa shape index (κ3) is 4.69. The fourth-order valence-corrected chi connectivity index (χ4v) is 3.17. The molecule has 3 aromatic rings. The minimum Gasteiger partial charge on any atom is -0.339 e. The van der Waals surface area contributed by atoms with Crippen LogP contribution in [0.2, 0.25) is 5.02 Å². The standard InChI is InChI=1S/C19H17ClN4O2S/c1-23(2)19(26)27-17-9-4-3-8-15(17)21-18(25)16-10-11-24(22-16)14-7-5-6-13(20)12-14/h3-12H,1-2H3,(H,21,25). The van der Waals surface area contributed by atoms with E-state index in [0.717, 1.165) is 17.4 Å². The second-order valence-electron chi connectivity index (χ2n) is 5.84. The second kappa shape index (κ2) is 8.28. The molecule has 0 aliphatic heterocycles. The summed E-state index contributed by atoms with van der Waals surface area (Å²) in [6, 6.07) is 16.0. The van der Waals surface area contributed by atoms with E-state index in [9.17, 15) is 9.59 Å². The third-order valence-electron chi connectivity index (χ3n) is 3.59. The molecule has 1 heterocycles. The highest BCUT2D eigenvalue weighted by atomic mass is 35.5. The lowest BCUT2D eigenvalue weighted by molar-refractivity contribution is 0.102. The summed E-state index contributed by atoms with van der Waals surface area (Å²) in [4.78, 5) is 26.7. The van der Waals surface area contributed by atoms with Gasteiger partial charge in [0.1, 0.15) is 0 Å². The number of aromatic nitrogens is 2. The number of nitrogens with one attached hydrogen (secondary N) is 1. The molecule has 0 saturated heterocycles. The molecule has 0 spiro atoms. The van der Waals surface area contributed by atoms with Crippen LogP contribution >= 0.6 is 23.4 Å². The normalized spacial score (nSPS) is 10.5. The molecule has 0 aliphatic carbocycles. The Morgan fingerprint density at radius 3 is 2.63 bits per heavy atom. The van der Waals surface area contributed by atoms with Crippen molar-refractivity contribution >= 4 is 40.2 Å². The van der Waals surface area contributed by atoms with Crippen molar-refractivity contribution < 1.29 is 9.59 Å². The largest absolute Gasteiger partial charge is 0.339 e. The molecule has 1 N–H and O–H groups in total. The average Bonchev–Trinajstić information content (AvgIpc) is 3.13. The lowest BCUT2D eigenvalue weighted by Crippen LogP contribution is -2.17. The molecule has 0 unspecified atom stereocenters. The van der Waals surface area contributed by atoms with Crippen LogP contribution in [0, 0.1) is 0 Å². The number of para-hydroxylation sites is 1. The minimum absolute atomic E-state index is 0.123. The number of rotatable bonds is 4. The molecular formula is C19H17ClN4O2S. The van der Waals surface area contributed by atoms with Crippen LogP contribution in [0.3, 0.4) is 0 Å². The van der Waals surface area contributed by atoms with Crippen molar-refractivity contribution in [3.8, 4) is 5.69 Å².